The van der Waals surface area contributed by atoms with Crippen LogP contribution in [0.15, 0.2) is 31.4 Å². The Balaban J connectivity index is 0.000000500. The van der Waals surface area contributed by atoms with Gasteiger partial charge in [-0.25, -0.2) is 14.4 Å². The molecule has 1 aromatic heterocycles. The lowest BCUT2D eigenvalue weighted by Gasteiger charge is -1.88. The molecule has 0 radical (unpaired) electrons. The predicted molar refractivity (Wildman–Crippen MR) is 58.1 cm³/mol. The molecule has 4 heteroatoms. The molecule has 0 aliphatic heterocycles. The molecule has 0 N–H and O–H groups in total. The van der Waals surface area contributed by atoms with Crippen LogP contribution in [0, 0.1) is 10.7 Å². The van der Waals surface area contributed by atoms with Crippen molar-refractivity contribution in [1.82, 2.24) is 4.57 Å². The van der Waals surface area contributed by atoms with E-state index in [0.717, 1.165) is 13.1 Å². The third-order valence-electron chi connectivity index (χ3n) is 1.57. The van der Waals surface area contributed by atoms with Crippen molar-refractivity contribution in [3.63, 3.8) is 0 Å². The van der Waals surface area contributed by atoms with Crippen molar-refractivity contribution in [1.29, 1.82) is 5.26 Å². The fourth-order valence-electron chi connectivity index (χ4n) is 1.09. The minimum atomic E-state index is 0.900. The second-order valence-electron chi connectivity index (χ2n) is 2.73. The Morgan fingerprint density at radius 3 is 2.86 bits per heavy atom. The van der Waals surface area contributed by atoms with Crippen LogP contribution in [-0.2, 0) is 25.7 Å². The number of nitriles is 1. The maximum absolute atomic E-state index is 7.13. The Kier molecular flexibility index (Phi) is 7.48. The maximum atomic E-state index is 7.13. The number of hydrogen-bond donors (Lipinski definition) is 0. The van der Waals surface area contributed by atoms with E-state index in [0.29, 0.717) is 0 Å². The molecule has 0 aliphatic carbocycles. The molecule has 0 aromatic carbocycles. The number of thiocyanates is 1. The molecule has 0 atom stereocenters. The molecule has 1 aromatic rings. The van der Waals surface area contributed by atoms with Gasteiger partial charge in [0.15, 0.2) is 0 Å². The fourth-order valence-corrected chi connectivity index (χ4v) is 1.09. The van der Waals surface area contributed by atoms with Crippen LogP contribution in [-0.4, -0.2) is 4.57 Å². The molecule has 0 spiro atoms. The van der Waals surface area contributed by atoms with Crippen molar-refractivity contribution in [2.75, 3.05) is 0 Å². The highest BCUT2D eigenvalue weighted by molar-refractivity contribution is 7.64. The van der Waals surface area contributed by atoms with Gasteiger partial charge in [-0.05, 0) is 6.42 Å². The van der Waals surface area contributed by atoms with Crippen molar-refractivity contribution in [3.05, 3.63) is 31.4 Å². The van der Waals surface area contributed by atoms with Crippen molar-refractivity contribution in [3.8, 4) is 5.40 Å². The molecule has 0 fully saturated rings. The summed E-state index contributed by atoms with van der Waals surface area (Å²) in [7, 11) is 0. The Hall–Kier alpha value is -1.34. The lowest BCUT2D eigenvalue weighted by molar-refractivity contribution is -0.686. The van der Waals surface area contributed by atoms with E-state index in [1.54, 1.807) is 0 Å². The van der Waals surface area contributed by atoms with Crippen LogP contribution in [0.3, 0.4) is 0 Å². The monoisotopic (exact) mass is 209 g/mol. The number of aryl methyl sites for hydroxylation is 1. The zero-order chi connectivity index (χ0) is 10.8. The van der Waals surface area contributed by atoms with Crippen LogP contribution < -0.4 is 4.57 Å². The van der Waals surface area contributed by atoms with E-state index in [4.69, 9.17) is 5.26 Å². The molecule has 1 rings (SSSR count). The summed E-state index contributed by atoms with van der Waals surface area (Å²) in [5.74, 6) is 0. The molecule has 0 aliphatic rings. The number of nitrogens with zero attached hydrogens (tertiary/aromatic N) is 3. The second-order valence-corrected chi connectivity index (χ2v) is 2.91. The average molecular weight is 209 g/mol. The quantitative estimate of drug-likeness (QED) is 0.325. The van der Waals surface area contributed by atoms with E-state index in [9.17, 15) is 0 Å². The van der Waals surface area contributed by atoms with Gasteiger partial charge in [0.2, 0.25) is 6.33 Å². The minimum absolute atomic E-state index is 0.900. The van der Waals surface area contributed by atoms with Crippen molar-refractivity contribution in [2.45, 2.75) is 26.4 Å². The maximum Gasteiger partial charge on any atom is 0.244 e. The van der Waals surface area contributed by atoms with Gasteiger partial charge in [-0.3, -0.25) is 0 Å². The highest BCUT2D eigenvalue weighted by Gasteiger charge is 1.98. The van der Waals surface area contributed by atoms with Gasteiger partial charge in [0.1, 0.15) is 18.9 Å². The van der Waals surface area contributed by atoms with E-state index < -0.39 is 0 Å². The first-order valence-corrected chi connectivity index (χ1v) is 4.86. The summed E-state index contributed by atoms with van der Waals surface area (Å²) in [6, 6.07) is 0. The van der Waals surface area contributed by atoms with E-state index in [-0.39, 0.29) is 0 Å². The zero-order valence-corrected chi connectivity index (χ0v) is 9.20. The van der Waals surface area contributed by atoms with E-state index in [1.807, 2.05) is 6.08 Å². The number of hydrogen-bond acceptors (Lipinski definition) is 2. The molecule has 0 amide bonds. The minimum Gasteiger partial charge on any atom is -0.696 e. The zero-order valence-electron chi connectivity index (χ0n) is 8.39. The van der Waals surface area contributed by atoms with E-state index in [2.05, 4.69) is 54.0 Å². The summed E-state index contributed by atoms with van der Waals surface area (Å²) >= 11 is 3.70. The Morgan fingerprint density at radius 1 is 1.71 bits per heavy atom. The molecule has 0 saturated heterocycles. The van der Waals surface area contributed by atoms with Crippen molar-refractivity contribution < 1.29 is 4.57 Å². The predicted octanol–water partition coefficient (Wildman–Crippen LogP) is 1.39. The molecular formula is C10H15N3S. The van der Waals surface area contributed by atoms with Crippen LogP contribution in [0.2, 0.25) is 0 Å². The summed E-state index contributed by atoms with van der Waals surface area (Å²) in [6.45, 7) is 7.86. The Morgan fingerprint density at radius 2 is 2.36 bits per heavy atom. The molecule has 76 valence electrons. The van der Waals surface area contributed by atoms with Crippen LogP contribution in [0.5, 0.6) is 0 Å². The molecule has 1 heterocycles. The Labute approximate surface area is 90.7 Å². The third-order valence-corrected chi connectivity index (χ3v) is 1.57. The van der Waals surface area contributed by atoms with E-state index in [1.165, 1.54) is 11.8 Å². The molecular weight excluding hydrogens is 194 g/mol. The topological polar surface area (TPSA) is 32.6 Å². The fraction of sp³-hybridized carbons (Fsp3) is 0.400. The smallest absolute Gasteiger partial charge is 0.244 e. The summed E-state index contributed by atoms with van der Waals surface area (Å²) in [6.07, 6.45) is 9.34. The van der Waals surface area contributed by atoms with Gasteiger partial charge < -0.3 is 12.6 Å². The third kappa shape index (κ3) is 5.33. The number of allylic oxidation sites excluding steroid dienone is 1. The van der Waals surface area contributed by atoms with Crippen LogP contribution in [0.25, 0.3) is 0 Å². The highest BCUT2D eigenvalue weighted by atomic mass is 32.1. The van der Waals surface area contributed by atoms with Gasteiger partial charge in [0.05, 0.1) is 6.54 Å². The first kappa shape index (κ1) is 12.7. The summed E-state index contributed by atoms with van der Waals surface area (Å²) in [5.41, 5.74) is 0. The first-order valence-electron chi connectivity index (χ1n) is 4.45. The van der Waals surface area contributed by atoms with Gasteiger partial charge in [-0.15, -0.1) is 0 Å². The normalized spacial score (nSPS) is 8.29. The molecule has 0 unspecified atom stereocenters. The van der Waals surface area contributed by atoms with Crippen LogP contribution in [0.4, 0.5) is 0 Å². The van der Waals surface area contributed by atoms with Crippen molar-refractivity contribution in [2.24, 2.45) is 0 Å². The number of aromatic nitrogens is 2. The van der Waals surface area contributed by atoms with Gasteiger partial charge in [0, 0.05) is 0 Å². The van der Waals surface area contributed by atoms with Crippen LogP contribution in [0.1, 0.15) is 13.3 Å². The number of rotatable bonds is 4. The largest absolute Gasteiger partial charge is 0.696 e. The standard InChI is InChI=1S/C9H15N2.CHNS/c1-3-5-10-7-8-11(9-10)6-4-2;2-1-3/h3,7-9H,1,4-6H2,2H3;3H/q+1;/p-1. The SMILES string of the molecule is C=CC[n+]1ccn(CCC)c1.N#C[S-]. The molecule has 0 bridgehead atoms. The first-order chi connectivity index (χ1) is 6.78. The summed E-state index contributed by atoms with van der Waals surface area (Å²) in [4.78, 5) is 0. The van der Waals surface area contributed by atoms with Gasteiger partial charge in [-0.1, -0.05) is 25.0 Å². The van der Waals surface area contributed by atoms with Gasteiger partial charge >= 0.3 is 0 Å². The van der Waals surface area contributed by atoms with Crippen LogP contribution >= 0.6 is 0 Å². The van der Waals surface area contributed by atoms with E-state index >= 15 is 0 Å². The summed E-state index contributed by atoms with van der Waals surface area (Å²) in [5, 5.41) is 8.47. The van der Waals surface area contributed by atoms with Gasteiger partial charge in [0.25, 0.3) is 0 Å². The highest BCUT2D eigenvalue weighted by Crippen LogP contribution is 1.87. The number of imidazole rings is 1. The molecule has 3 nitrogen and oxygen atoms in total. The lowest BCUT2D eigenvalue weighted by atomic mass is 10.5. The van der Waals surface area contributed by atoms with Crippen molar-refractivity contribution >= 4 is 12.6 Å². The lowest BCUT2D eigenvalue weighted by Crippen LogP contribution is -2.29. The molecule has 0 saturated carbocycles. The summed E-state index contributed by atoms with van der Waals surface area (Å²) < 4.78 is 4.30. The average Bonchev–Trinajstić information content (AvgIpc) is 2.55. The van der Waals surface area contributed by atoms with Gasteiger partial charge in [-0.2, -0.15) is 0 Å². The molecule has 14 heavy (non-hydrogen) atoms. The Bertz CT molecular complexity index is 299. The second kappa shape index (κ2) is 8.27.